The lowest BCUT2D eigenvalue weighted by molar-refractivity contribution is 0.0965. The van der Waals surface area contributed by atoms with E-state index in [1.165, 1.54) is 6.07 Å². The average molecular weight is 333 g/mol. The molecule has 0 saturated carbocycles. The van der Waals surface area contributed by atoms with Crippen LogP contribution in [0.1, 0.15) is 55.2 Å². The van der Waals surface area contributed by atoms with Gasteiger partial charge in [-0.3, -0.25) is 9.36 Å². The molecule has 23 heavy (non-hydrogen) atoms. The van der Waals surface area contributed by atoms with Gasteiger partial charge in [0.15, 0.2) is 5.69 Å². The van der Waals surface area contributed by atoms with Crippen LogP contribution in [0.15, 0.2) is 30.3 Å². The summed E-state index contributed by atoms with van der Waals surface area (Å²) in [6.45, 7) is 12.8. The molecule has 1 aromatic heterocycles. The minimum atomic E-state index is -0.404. The molecule has 1 heterocycles. The Morgan fingerprint density at radius 1 is 1.30 bits per heavy atom. The third-order valence-corrected chi connectivity index (χ3v) is 4.13. The molecule has 0 bridgehead atoms. The third kappa shape index (κ3) is 3.46. The van der Waals surface area contributed by atoms with Crippen LogP contribution in [0.3, 0.4) is 0 Å². The lowest BCUT2D eigenvalue weighted by Gasteiger charge is -2.15. The molecule has 0 fully saturated rings. The Kier molecular flexibility index (Phi) is 5.23. The maximum absolute atomic E-state index is 14.0. The summed E-state index contributed by atoms with van der Waals surface area (Å²) in [5.41, 5.74) is 0.834. The Morgan fingerprint density at radius 2 is 2.00 bits per heavy atom. The van der Waals surface area contributed by atoms with Crippen LogP contribution in [-0.2, 0) is 0 Å². The largest absolute Gasteiger partial charge is 0.364 e. The monoisotopic (exact) mass is 332 g/mol. The molecule has 0 aliphatic rings. The van der Waals surface area contributed by atoms with Gasteiger partial charge in [0.1, 0.15) is 5.82 Å². The molecular formula is C18H18ClFN2O. The van der Waals surface area contributed by atoms with Crippen LogP contribution < -0.4 is 0 Å². The highest BCUT2D eigenvalue weighted by Gasteiger charge is 2.24. The predicted octanol–water partition coefficient (Wildman–Crippen LogP) is 5.79. The van der Waals surface area contributed by atoms with E-state index in [1.54, 1.807) is 35.8 Å². The Balaban J connectivity index is 2.30. The number of hydrogen-bond donors (Lipinski definition) is 0. The topological polar surface area (TPSA) is 26.4 Å². The molecule has 0 unspecified atom stereocenters. The van der Waals surface area contributed by atoms with Crippen LogP contribution in [0, 0.1) is 12.4 Å². The molecule has 0 N–H and O–H groups in total. The van der Waals surface area contributed by atoms with Crippen LogP contribution in [0.4, 0.5) is 10.2 Å². The van der Waals surface area contributed by atoms with E-state index >= 15 is 0 Å². The molecule has 0 spiro atoms. The van der Waals surface area contributed by atoms with Crippen molar-refractivity contribution in [2.45, 2.75) is 39.2 Å². The van der Waals surface area contributed by atoms with Gasteiger partial charge < -0.3 is 4.85 Å². The first-order chi connectivity index (χ1) is 10.9. The van der Waals surface area contributed by atoms with Crippen molar-refractivity contribution in [1.29, 1.82) is 0 Å². The lowest BCUT2D eigenvalue weighted by atomic mass is 9.94. The van der Waals surface area contributed by atoms with Crippen LogP contribution in [0.25, 0.3) is 4.85 Å². The van der Waals surface area contributed by atoms with Crippen molar-refractivity contribution in [3.8, 4) is 0 Å². The van der Waals surface area contributed by atoms with Gasteiger partial charge in [-0.1, -0.05) is 31.2 Å². The molecule has 120 valence electrons. The zero-order valence-corrected chi connectivity index (χ0v) is 14.1. The number of aromatic nitrogens is 1. The number of hydrogen-bond acceptors (Lipinski definition) is 1. The smallest absolute Gasteiger partial charge is 0.230 e. The molecule has 3 nitrogen and oxygen atoms in total. The second-order valence-electron chi connectivity index (χ2n) is 5.82. The zero-order valence-electron chi connectivity index (χ0n) is 13.3. The number of rotatable bonds is 5. The first-order valence-electron chi connectivity index (χ1n) is 7.42. The van der Waals surface area contributed by atoms with Crippen molar-refractivity contribution < 1.29 is 9.18 Å². The number of nitrogens with zero attached hydrogens (tertiary/aromatic N) is 2. The van der Waals surface area contributed by atoms with Gasteiger partial charge in [-0.25, -0.2) is 4.39 Å². The summed E-state index contributed by atoms with van der Waals surface area (Å²) in [4.78, 5) is 16.1. The van der Waals surface area contributed by atoms with Crippen molar-refractivity contribution in [3.63, 3.8) is 0 Å². The number of benzene rings is 1. The number of carbonyl (C=O) groups is 1. The van der Waals surface area contributed by atoms with Crippen LogP contribution in [0.2, 0.25) is 5.02 Å². The Hall–Kier alpha value is -2.12. The van der Waals surface area contributed by atoms with E-state index in [-0.39, 0.29) is 24.2 Å². The van der Waals surface area contributed by atoms with Gasteiger partial charge in [-0.15, -0.1) is 0 Å². The third-order valence-electron chi connectivity index (χ3n) is 3.80. The van der Waals surface area contributed by atoms with Crippen LogP contribution in [-0.4, -0.2) is 10.4 Å². The second-order valence-corrected chi connectivity index (χ2v) is 6.22. The molecule has 0 amide bonds. The summed E-state index contributed by atoms with van der Waals surface area (Å²) in [5.74, 6) is -0.442. The summed E-state index contributed by atoms with van der Waals surface area (Å²) < 4.78 is 15.7. The highest BCUT2D eigenvalue weighted by Crippen LogP contribution is 2.31. The van der Waals surface area contributed by atoms with E-state index in [1.807, 2.05) is 13.8 Å². The van der Waals surface area contributed by atoms with E-state index in [9.17, 15) is 9.18 Å². The number of halogens is 2. The van der Waals surface area contributed by atoms with Crippen LogP contribution >= 0.6 is 11.6 Å². The summed E-state index contributed by atoms with van der Waals surface area (Å²) in [7, 11) is 0. The minimum absolute atomic E-state index is 0.000375. The summed E-state index contributed by atoms with van der Waals surface area (Å²) in [6.07, 6.45) is 0.134. The molecular weight excluding hydrogens is 315 g/mol. The molecule has 0 aliphatic heterocycles. The van der Waals surface area contributed by atoms with Gasteiger partial charge in [0.2, 0.25) is 11.6 Å². The van der Waals surface area contributed by atoms with Gasteiger partial charge in [-0.2, -0.15) is 0 Å². The Morgan fingerprint density at radius 3 is 2.57 bits per heavy atom. The highest BCUT2D eigenvalue weighted by atomic mass is 35.5. The first-order valence-corrected chi connectivity index (χ1v) is 7.80. The summed E-state index contributed by atoms with van der Waals surface area (Å²) >= 11 is 6.07. The Labute approximate surface area is 140 Å². The SMILES string of the molecule is [C-]#[N+]c1ccc(C(=O)C[C@@H](C)c2c(F)cccc2Cl)n1C(C)C. The molecule has 0 saturated heterocycles. The molecule has 1 aromatic carbocycles. The fourth-order valence-corrected chi connectivity index (χ4v) is 3.11. The molecule has 2 rings (SSSR count). The van der Waals surface area contributed by atoms with Gasteiger partial charge in [-0.05, 0) is 44.0 Å². The van der Waals surface area contributed by atoms with Gasteiger partial charge >= 0.3 is 0 Å². The van der Waals surface area contributed by atoms with E-state index in [2.05, 4.69) is 4.85 Å². The number of Topliss-reactive ketones (excluding diaryl/α,β-unsaturated/α-hetero) is 1. The predicted molar refractivity (Wildman–Crippen MR) is 89.9 cm³/mol. The fourth-order valence-electron chi connectivity index (χ4n) is 2.76. The fraction of sp³-hybridized carbons (Fsp3) is 0.333. The number of carbonyl (C=O) groups excluding carboxylic acids is 1. The Bertz CT molecular complexity index is 754. The van der Waals surface area contributed by atoms with Crippen molar-refractivity contribution in [2.75, 3.05) is 0 Å². The molecule has 5 heteroatoms. The first kappa shape index (κ1) is 17.2. The van der Waals surface area contributed by atoms with E-state index in [0.29, 0.717) is 22.1 Å². The molecule has 0 radical (unpaired) electrons. The van der Waals surface area contributed by atoms with Crippen LogP contribution in [0.5, 0.6) is 0 Å². The van der Waals surface area contributed by atoms with Gasteiger partial charge in [0.05, 0.1) is 6.04 Å². The molecule has 1 atom stereocenters. The maximum Gasteiger partial charge on any atom is 0.230 e. The second kappa shape index (κ2) is 6.97. The molecule has 0 aliphatic carbocycles. The van der Waals surface area contributed by atoms with Crippen molar-refractivity contribution >= 4 is 23.2 Å². The zero-order chi connectivity index (χ0) is 17.1. The minimum Gasteiger partial charge on any atom is -0.364 e. The quantitative estimate of drug-likeness (QED) is 0.503. The van der Waals surface area contributed by atoms with Gasteiger partial charge in [0, 0.05) is 17.0 Å². The number of ketones is 1. The standard InChI is InChI=1S/C18H18ClFN2O/c1-11(2)22-15(8-9-17(22)21-4)16(23)10-12(3)18-13(19)6-5-7-14(18)20/h5-9,11-12H,10H2,1-3H3/t12-/m1/s1. The van der Waals surface area contributed by atoms with E-state index < -0.39 is 5.82 Å². The van der Waals surface area contributed by atoms with Crippen molar-refractivity contribution in [3.05, 3.63) is 63.8 Å². The maximum atomic E-state index is 14.0. The normalized spacial score (nSPS) is 12.2. The summed E-state index contributed by atoms with van der Waals surface area (Å²) in [6, 6.07) is 7.80. The highest BCUT2D eigenvalue weighted by molar-refractivity contribution is 6.31. The van der Waals surface area contributed by atoms with Crippen molar-refractivity contribution in [2.24, 2.45) is 0 Å². The lowest BCUT2D eigenvalue weighted by Crippen LogP contribution is -2.13. The molecule has 2 aromatic rings. The van der Waals surface area contributed by atoms with E-state index in [0.717, 1.165) is 0 Å². The van der Waals surface area contributed by atoms with Crippen molar-refractivity contribution in [1.82, 2.24) is 4.57 Å². The van der Waals surface area contributed by atoms with Gasteiger partial charge in [0.25, 0.3) is 0 Å². The van der Waals surface area contributed by atoms with E-state index in [4.69, 9.17) is 18.2 Å². The summed E-state index contributed by atoms with van der Waals surface area (Å²) in [5, 5.41) is 0.325. The average Bonchev–Trinajstić information content (AvgIpc) is 2.91.